The molecule has 0 spiro atoms. The Morgan fingerprint density at radius 1 is 1.37 bits per heavy atom. The largest absolute Gasteiger partial charge is 0.395 e. The normalized spacial score (nSPS) is 14.2. The van der Waals surface area contributed by atoms with Gasteiger partial charge in [0.05, 0.1) is 6.61 Å². The van der Waals surface area contributed by atoms with Crippen molar-refractivity contribution in [1.82, 2.24) is 4.90 Å². The molecule has 0 unspecified atom stereocenters. The van der Waals surface area contributed by atoms with Gasteiger partial charge in [-0.1, -0.05) is 11.8 Å². The second-order valence-electron chi connectivity index (χ2n) is 4.85. The van der Waals surface area contributed by atoms with Crippen LogP contribution in [0, 0.1) is 11.8 Å². The third-order valence-electron chi connectivity index (χ3n) is 3.54. The van der Waals surface area contributed by atoms with E-state index in [1.54, 1.807) is 0 Å². The van der Waals surface area contributed by atoms with Gasteiger partial charge in [0.15, 0.2) is 0 Å². The third-order valence-corrected chi connectivity index (χ3v) is 3.54. The van der Waals surface area contributed by atoms with Crippen molar-refractivity contribution in [2.45, 2.75) is 31.7 Å². The molecule has 2 rings (SSSR count). The van der Waals surface area contributed by atoms with Gasteiger partial charge < -0.3 is 10.0 Å². The fraction of sp³-hybridized carbons (Fsp3) is 0.438. The van der Waals surface area contributed by atoms with E-state index in [-0.39, 0.29) is 12.5 Å². The van der Waals surface area contributed by atoms with E-state index in [0.29, 0.717) is 18.0 Å². The lowest BCUT2D eigenvalue weighted by Crippen LogP contribution is -2.41. The molecule has 0 saturated heterocycles. The minimum atomic E-state index is 0.0791. The summed E-state index contributed by atoms with van der Waals surface area (Å²) in [7, 11) is 1.88. The molecule has 1 fully saturated rings. The Balaban J connectivity index is 2.01. The molecule has 3 nitrogen and oxygen atoms in total. The topological polar surface area (TPSA) is 40.5 Å². The zero-order chi connectivity index (χ0) is 13.7. The van der Waals surface area contributed by atoms with Crippen molar-refractivity contribution in [3.8, 4) is 11.8 Å². The Morgan fingerprint density at radius 2 is 2.05 bits per heavy atom. The quantitative estimate of drug-likeness (QED) is 0.842. The number of amides is 1. The Labute approximate surface area is 114 Å². The minimum absolute atomic E-state index is 0.0791. The summed E-state index contributed by atoms with van der Waals surface area (Å²) in [5, 5.41) is 8.65. The fourth-order valence-corrected chi connectivity index (χ4v) is 2.06. The van der Waals surface area contributed by atoms with Gasteiger partial charge in [0.2, 0.25) is 0 Å². The van der Waals surface area contributed by atoms with Crippen molar-refractivity contribution in [2.24, 2.45) is 0 Å². The Kier molecular flexibility index (Phi) is 4.59. The molecule has 0 heterocycles. The van der Waals surface area contributed by atoms with Crippen molar-refractivity contribution in [3.63, 3.8) is 0 Å². The number of rotatable bonds is 3. The molecule has 1 amide bonds. The van der Waals surface area contributed by atoms with Crippen molar-refractivity contribution in [3.05, 3.63) is 35.4 Å². The highest BCUT2D eigenvalue weighted by atomic mass is 16.2. The van der Waals surface area contributed by atoms with Crippen LogP contribution in [-0.2, 0) is 0 Å². The standard InChI is InChI=1S/C16H19NO2/c1-17(15-6-4-7-15)16(19)14-10-8-13(9-11-14)5-2-3-12-18/h8-11,15,18H,3-4,6-7,12H2,1H3. The van der Waals surface area contributed by atoms with E-state index in [2.05, 4.69) is 11.8 Å². The third kappa shape index (κ3) is 3.36. The van der Waals surface area contributed by atoms with E-state index in [9.17, 15) is 4.79 Å². The summed E-state index contributed by atoms with van der Waals surface area (Å²) in [6.45, 7) is 0.0791. The zero-order valence-electron chi connectivity index (χ0n) is 11.2. The molecule has 3 heteroatoms. The molecule has 0 bridgehead atoms. The number of aliphatic hydroxyl groups excluding tert-OH is 1. The molecule has 1 aliphatic rings. The van der Waals surface area contributed by atoms with Gasteiger partial charge in [0, 0.05) is 30.6 Å². The summed E-state index contributed by atoms with van der Waals surface area (Å²) in [5.74, 6) is 5.90. The van der Waals surface area contributed by atoms with Crippen LogP contribution in [0.3, 0.4) is 0 Å². The minimum Gasteiger partial charge on any atom is -0.395 e. The van der Waals surface area contributed by atoms with Crippen LogP contribution in [-0.4, -0.2) is 35.6 Å². The number of hydrogen-bond donors (Lipinski definition) is 1. The van der Waals surface area contributed by atoms with Crippen molar-refractivity contribution in [1.29, 1.82) is 0 Å². The zero-order valence-corrected chi connectivity index (χ0v) is 11.2. The van der Waals surface area contributed by atoms with Crippen LogP contribution in [0.2, 0.25) is 0 Å². The molecule has 1 aromatic carbocycles. The highest BCUT2D eigenvalue weighted by Crippen LogP contribution is 2.24. The molecule has 0 radical (unpaired) electrons. The van der Waals surface area contributed by atoms with Crippen LogP contribution >= 0.6 is 0 Å². The molecule has 1 aromatic rings. The van der Waals surface area contributed by atoms with Gasteiger partial charge >= 0.3 is 0 Å². The van der Waals surface area contributed by atoms with E-state index in [1.165, 1.54) is 6.42 Å². The van der Waals surface area contributed by atoms with Gasteiger partial charge in [0.1, 0.15) is 0 Å². The summed E-state index contributed by atoms with van der Waals surface area (Å²) < 4.78 is 0. The summed E-state index contributed by atoms with van der Waals surface area (Å²) in [6.07, 6.45) is 3.94. The first-order chi connectivity index (χ1) is 9.22. The SMILES string of the molecule is CN(C(=O)c1ccc(C#CCCO)cc1)C1CCC1. The summed E-state index contributed by atoms with van der Waals surface area (Å²) in [6, 6.07) is 7.76. The van der Waals surface area contributed by atoms with Crippen LogP contribution in [0.25, 0.3) is 0 Å². The smallest absolute Gasteiger partial charge is 0.253 e. The van der Waals surface area contributed by atoms with Gasteiger partial charge in [-0.15, -0.1) is 0 Å². The van der Waals surface area contributed by atoms with Crippen LogP contribution < -0.4 is 0 Å². The second kappa shape index (κ2) is 6.40. The molecular formula is C16H19NO2. The van der Waals surface area contributed by atoms with Crippen LogP contribution in [0.1, 0.15) is 41.6 Å². The molecule has 1 N–H and O–H groups in total. The molecule has 0 atom stereocenters. The summed E-state index contributed by atoms with van der Waals surface area (Å²) >= 11 is 0. The van der Waals surface area contributed by atoms with Crippen molar-refractivity contribution in [2.75, 3.05) is 13.7 Å². The van der Waals surface area contributed by atoms with Crippen molar-refractivity contribution < 1.29 is 9.90 Å². The highest BCUT2D eigenvalue weighted by molar-refractivity contribution is 5.94. The van der Waals surface area contributed by atoms with Gasteiger partial charge in [0.25, 0.3) is 5.91 Å². The number of aliphatic hydroxyl groups is 1. The maximum atomic E-state index is 12.2. The number of carbonyl (C=O) groups excluding carboxylic acids is 1. The number of carbonyl (C=O) groups is 1. The van der Waals surface area contributed by atoms with Gasteiger partial charge in [-0.25, -0.2) is 0 Å². The molecule has 1 saturated carbocycles. The van der Waals surface area contributed by atoms with Crippen molar-refractivity contribution >= 4 is 5.91 Å². The fourth-order valence-electron chi connectivity index (χ4n) is 2.06. The van der Waals surface area contributed by atoms with Crippen LogP contribution in [0.5, 0.6) is 0 Å². The molecule has 0 aromatic heterocycles. The first-order valence-electron chi connectivity index (χ1n) is 6.69. The predicted octanol–water partition coefficient (Wildman–Crippen LogP) is 2.04. The van der Waals surface area contributed by atoms with Gasteiger partial charge in [-0.2, -0.15) is 0 Å². The predicted molar refractivity (Wildman–Crippen MR) is 74.8 cm³/mol. The lowest BCUT2D eigenvalue weighted by Gasteiger charge is -2.34. The average Bonchev–Trinajstić information content (AvgIpc) is 2.37. The molecule has 100 valence electrons. The Bertz CT molecular complexity index is 492. The van der Waals surface area contributed by atoms with Gasteiger partial charge in [-0.05, 0) is 43.5 Å². The lowest BCUT2D eigenvalue weighted by atomic mass is 9.91. The first-order valence-corrected chi connectivity index (χ1v) is 6.69. The van der Waals surface area contributed by atoms with E-state index < -0.39 is 0 Å². The molecular weight excluding hydrogens is 238 g/mol. The summed E-state index contributed by atoms with van der Waals surface area (Å²) in [4.78, 5) is 14.1. The average molecular weight is 257 g/mol. The van der Waals surface area contributed by atoms with E-state index >= 15 is 0 Å². The first kappa shape index (κ1) is 13.6. The van der Waals surface area contributed by atoms with E-state index in [1.807, 2.05) is 36.2 Å². The van der Waals surface area contributed by atoms with Crippen LogP contribution in [0.15, 0.2) is 24.3 Å². The lowest BCUT2D eigenvalue weighted by molar-refractivity contribution is 0.0652. The molecule has 1 aliphatic carbocycles. The second-order valence-corrected chi connectivity index (χ2v) is 4.85. The van der Waals surface area contributed by atoms with E-state index in [4.69, 9.17) is 5.11 Å². The molecule has 19 heavy (non-hydrogen) atoms. The van der Waals surface area contributed by atoms with Crippen LogP contribution in [0.4, 0.5) is 0 Å². The maximum absolute atomic E-state index is 12.2. The Hall–Kier alpha value is -1.79. The number of nitrogens with zero attached hydrogens (tertiary/aromatic N) is 1. The highest BCUT2D eigenvalue weighted by Gasteiger charge is 2.26. The Morgan fingerprint density at radius 3 is 2.58 bits per heavy atom. The number of hydrogen-bond acceptors (Lipinski definition) is 2. The van der Waals surface area contributed by atoms with E-state index in [0.717, 1.165) is 18.4 Å². The van der Waals surface area contributed by atoms with Gasteiger partial charge in [-0.3, -0.25) is 4.79 Å². The number of benzene rings is 1. The maximum Gasteiger partial charge on any atom is 0.253 e. The molecule has 0 aliphatic heterocycles. The summed E-state index contributed by atoms with van der Waals surface area (Å²) in [5.41, 5.74) is 1.58. The monoisotopic (exact) mass is 257 g/mol.